The van der Waals surface area contributed by atoms with Gasteiger partial charge in [-0.3, -0.25) is 4.68 Å². The van der Waals surface area contributed by atoms with Crippen molar-refractivity contribution >= 4 is 11.8 Å². The average Bonchev–Trinajstić information content (AvgIpc) is 3.00. The minimum Gasteiger partial charge on any atom is -0.387 e. The predicted molar refractivity (Wildman–Crippen MR) is 60.7 cm³/mol. The summed E-state index contributed by atoms with van der Waals surface area (Å²) in [6.07, 6.45) is 5.99. The Labute approximate surface area is 93.8 Å². The highest BCUT2D eigenvalue weighted by Gasteiger charge is 2.42. The van der Waals surface area contributed by atoms with Crippen LogP contribution in [0.1, 0.15) is 12.8 Å². The van der Waals surface area contributed by atoms with E-state index in [4.69, 9.17) is 5.73 Å². The SMILES string of the molecule is Cn1cc(SCC(O)(CN)C2CC2)cn1. The summed E-state index contributed by atoms with van der Waals surface area (Å²) in [7, 11) is 1.89. The molecule has 1 aromatic heterocycles. The monoisotopic (exact) mass is 227 g/mol. The molecule has 4 nitrogen and oxygen atoms in total. The van der Waals surface area contributed by atoms with E-state index in [-0.39, 0.29) is 0 Å². The van der Waals surface area contributed by atoms with Gasteiger partial charge in [0, 0.05) is 30.4 Å². The molecule has 1 aromatic rings. The van der Waals surface area contributed by atoms with Gasteiger partial charge in [-0.1, -0.05) is 0 Å². The molecule has 0 bridgehead atoms. The van der Waals surface area contributed by atoms with Gasteiger partial charge in [0.15, 0.2) is 0 Å². The molecule has 1 atom stereocenters. The predicted octanol–water partition coefficient (Wildman–Crippen LogP) is 0.612. The molecule has 1 fully saturated rings. The number of aromatic nitrogens is 2. The fourth-order valence-electron chi connectivity index (χ4n) is 1.65. The number of aliphatic hydroxyl groups is 1. The summed E-state index contributed by atoms with van der Waals surface area (Å²) in [6, 6.07) is 0. The first-order valence-electron chi connectivity index (χ1n) is 5.18. The molecule has 2 rings (SSSR count). The topological polar surface area (TPSA) is 64.1 Å². The third kappa shape index (κ3) is 2.53. The van der Waals surface area contributed by atoms with Crippen molar-refractivity contribution in [2.45, 2.75) is 23.3 Å². The van der Waals surface area contributed by atoms with E-state index in [2.05, 4.69) is 5.10 Å². The zero-order valence-corrected chi connectivity index (χ0v) is 9.70. The molecule has 3 N–H and O–H groups in total. The fraction of sp³-hybridized carbons (Fsp3) is 0.700. The molecule has 0 aromatic carbocycles. The molecule has 1 aliphatic carbocycles. The lowest BCUT2D eigenvalue weighted by atomic mass is 10.0. The van der Waals surface area contributed by atoms with E-state index in [0.29, 0.717) is 18.2 Å². The molecular weight excluding hydrogens is 210 g/mol. The van der Waals surface area contributed by atoms with Crippen LogP contribution in [0.4, 0.5) is 0 Å². The number of rotatable bonds is 5. The zero-order chi connectivity index (χ0) is 10.9. The Morgan fingerprint density at radius 1 is 1.73 bits per heavy atom. The lowest BCUT2D eigenvalue weighted by Gasteiger charge is -2.25. The quantitative estimate of drug-likeness (QED) is 0.724. The highest BCUT2D eigenvalue weighted by Crippen LogP contribution is 2.41. The van der Waals surface area contributed by atoms with Crippen molar-refractivity contribution in [2.75, 3.05) is 12.3 Å². The van der Waals surface area contributed by atoms with Gasteiger partial charge in [-0.25, -0.2) is 0 Å². The van der Waals surface area contributed by atoms with Crippen LogP contribution in [0.5, 0.6) is 0 Å². The number of aryl methyl sites for hydroxylation is 1. The molecule has 84 valence electrons. The maximum absolute atomic E-state index is 10.3. The highest BCUT2D eigenvalue weighted by atomic mass is 32.2. The second-order valence-corrected chi connectivity index (χ2v) is 5.27. The molecule has 0 radical (unpaired) electrons. The van der Waals surface area contributed by atoms with Gasteiger partial charge in [0.2, 0.25) is 0 Å². The Hall–Kier alpha value is -0.520. The van der Waals surface area contributed by atoms with E-state index < -0.39 is 5.60 Å². The van der Waals surface area contributed by atoms with Gasteiger partial charge in [0.1, 0.15) is 0 Å². The van der Waals surface area contributed by atoms with Crippen LogP contribution >= 0.6 is 11.8 Å². The van der Waals surface area contributed by atoms with Crippen LogP contribution < -0.4 is 5.73 Å². The lowest BCUT2D eigenvalue weighted by Crippen LogP contribution is -2.42. The molecule has 1 saturated carbocycles. The van der Waals surface area contributed by atoms with Gasteiger partial charge in [-0.05, 0) is 18.8 Å². The van der Waals surface area contributed by atoms with E-state index in [1.807, 2.05) is 19.4 Å². The number of nitrogens with zero attached hydrogens (tertiary/aromatic N) is 2. The minimum absolute atomic E-state index is 0.352. The number of hydrogen-bond donors (Lipinski definition) is 2. The van der Waals surface area contributed by atoms with Crippen molar-refractivity contribution < 1.29 is 5.11 Å². The van der Waals surface area contributed by atoms with Gasteiger partial charge in [0.25, 0.3) is 0 Å². The van der Waals surface area contributed by atoms with E-state index in [1.54, 1.807) is 16.4 Å². The second kappa shape index (κ2) is 4.15. The third-order valence-electron chi connectivity index (χ3n) is 2.86. The van der Waals surface area contributed by atoms with Crippen LogP contribution in [0, 0.1) is 5.92 Å². The van der Waals surface area contributed by atoms with Gasteiger partial charge < -0.3 is 10.8 Å². The number of thioether (sulfide) groups is 1. The summed E-state index contributed by atoms with van der Waals surface area (Å²) in [4.78, 5) is 1.09. The molecule has 1 aliphatic rings. The summed E-state index contributed by atoms with van der Waals surface area (Å²) >= 11 is 1.63. The van der Waals surface area contributed by atoms with Crippen molar-refractivity contribution in [1.29, 1.82) is 0 Å². The normalized spacial score (nSPS) is 20.2. The highest BCUT2D eigenvalue weighted by molar-refractivity contribution is 7.99. The molecule has 0 spiro atoms. The van der Waals surface area contributed by atoms with Gasteiger partial charge in [0.05, 0.1) is 11.8 Å². The Bertz CT molecular complexity index is 337. The Kier molecular flexibility index (Phi) is 3.04. The van der Waals surface area contributed by atoms with Crippen molar-refractivity contribution in [1.82, 2.24) is 9.78 Å². The third-order valence-corrected chi connectivity index (χ3v) is 4.05. The molecule has 1 heterocycles. The average molecular weight is 227 g/mol. The molecule has 0 amide bonds. The molecule has 0 aliphatic heterocycles. The summed E-state index contributed by atoms with van der Waals surface area (Å²) < 4.78 is 1.76. The van der Waals surface area contributed by atoms with Crippen molar-refractivity contribution in [3.05, 3.63) is 12.4 Å². The van der Waals surface area contributed by atoms with Crippen LogP contribution in [0.2, 0.25) is 0 Å². The first-order chi connectivity index (χ1) is 7.14. The molecule has 5 heteroatoms. The van der Waals surface area contributed by atoms with E-state index >= 15 is 0 Å². The summed E-state index contributed by atoms with van der Waals surface area (Å²) in [5.41, 5.74) is 4.95. The maximum atomic E-state index is 10.3. The second-order valence-electron chi connectivity index (χ2n) is 4.22. The number of nitrogens with two attached hydrogens (primary N) is 1. The van der Waals surface area contributed by atoms with E-state index in [0.717, 1.165) is 17.7 Å². The smallest absolute Gasteiger partial charge is 0.0890 e. The first kappa shape index (κ1) is 11.0. The summed E-state index contributed by atoms with van der Waals surface area (Å²) in [6.45, 7) is 0.352. The largest absolute Gasteiger partial charge is 0.387 e. The molecule has 1 unspecified atom stereocenters. The van der Waals surface area contributed by atoms with Gasteiger partial charge >= 0.3 is 0 Å². The number of hydrogen-bond acceptors (Lipinski definition) is 4. The van der Waals surface area contributed by atoms with Gasteiger partial charge in [-0.15, -0.1) is 11.8 Å². The van der Waals surface area contributed by atoms with E-state index in [9.17, 15) is 5.11 Å². The van der Waals surface area contributed by atoms with Crippen molar-refractivity contribution in [2.24, 2.45) is 18.7 Å². The summed E-state index contributed by atoms with van der Waals surface area (Å²) in [5, 5.41) is 14.3. The standard InChI is InChI=1S/C10H17N3OS/c1-13-5-9(4-12-13)15-7-10(14,6-11)8-2-3-8/h4-5,8,14H,2-3,6-7,11H2,1H3. The Morgan fingerprint density at radius 2 is 2.47 bits per heavy atom. The molecule has 0 saturated heterocycles. The van der Waals surface area contributed by atoms with Crippen molar-refractivity contribution in [3.8, 4) is 0 Å². The van der Waals surface area contributed by atoms with Crippen LogP contribution in [-0.2, 0) is 7.05 Å². The van der Waals surface area contributed by atoms with Crippen molar-refractivity contribution in [3.63, 3.8) is 0 Å². The van der Waals surface area contributed by atoms with E-state index in [1.165, 1.54) is 0 Å². The van der Waals surface area contributed by atoms with Crippen LogP contribution in [0.15, 0.2) is 17.3 Å². The fourth-order valence-corrected chi connectivity index (χ4v) is 2.76. The lowest BCUT2D eigenvalue weighted by molar-refractivity contribution is 0.0510. The first-order valence-corrected chi connectivity index (χ1v) is 6.16. The van der Waals surface area contributed by atoms with Crippen LogP contribution in [0.3, 0.4) is 0 Å². The summed E-state index contributed by atoms with van der Waals surface area (Å²) in [5.74, 6) is 1.08. The zero-order valence-electron chi connectivity index (χ0n) is 8.89. The molecule has 15 heavy (non-hydrogen) atoms. The van der Waals surface area contributed by atoms with Crippen LogP contribution in [-0.4, -0.2) is 32.8 Å². The Morgan fingerprint density at radius 3 is 2.93 bits per heavy atom. The van der Waals surface area contributed by atoms with Gasteiger partial charge in [-0.2, -0.15) is 5.10 Å². The Balaban J connectivity index is 1.91. The van der Waals surface area contributed by atoms with Crippen LogP contribution in [0.25, 0.3) is 0 Å². The minimum atomic E-state index is -0.680. The maximum Gasteiger partial charge on any atom is 0.0890 e. The molecular formula is C10H17N3OS.